The number of hydrogen-bond acceptors (Lipinski definition) is 3. The fraction of sp³-hybridized carbons (Fsp3) is 0.188. The van der Waals surface area contributed by atoms with Gasteiger partial charge in [0.2, 0.25) is 0 Å². The van der Waals surface area contributed by atoms with Gasteiger partial charge in [0.1, 0.15) is 5.82 Å². The molecule has 0 heterocycles. The number of methoxy groups -OCH3 is 1. The maximum atomic E-state index is 13.6. The summed E-state index contributed by atoms with van der Waals surface area (Å²) in [4.78, 5) is 13.5. The van der Waals surface area contributed by atoms with Crippen molar-refractivity contribution in [2.75, 3.05) is 26.1 Å². The van der Waals surface area contributed by atoms with Crippen LogP contribution in [0.4, 0.5) is 10.1 Å². The number of rotatable bonds is 3. The molecule has 0 fully saturated rings. The molecule has 0 N–H and O–H groups in total. The van der Waals surface area contributed by atoms with Gasteiger partial charge in [0.05, 0.1) is 12.7 Å². The van der Waals surface area contributed by atoms with E-state index >= 15 is 0 Å². The third kappa shape index (κ3) is 2.96. The number of esters is 1. The van der Waals surface area contributed by atoms with Gasteiger partial charge in [-0.3, -0.25) is 0 Å². The van der Waals surface area contributed by atoms with Crippen LogP contribution in [0.3, 0.4) is 0 Å². The zero-order valence-corrected chi connectivity index (χ0v) is 11.7. The van der Waals surface area contributed by atoms with Crippen molar-refractivity contribution in [2.24, 2.45) is 0 Å². The van der Waals surface area contributed by atoms with Gasteiger partial charge in [0, 0.05) is 19.8 Å². The molecule has 0 radical (unpaired) electrons. The largest absolute Gasteiger partial charge is 0.465 e. The number of ether oxygens (including phenoxy) is 1. The Morgan fingerprint density at radius 1 is 1.05 bits per heavy atom. The van der Waals surface area contributed by atoms with Crippen molar-refractivity contribution < 1.29 is 13.9 Å². The van der Waals surface area contributed by atoms with E-state index in [9.17, 15) is 9.18 Å². The topological polar surface area (TPSA) is 29.5 Å². The summed E-state index contributed by atoms with van der Waals surface area (Å²) >= 11 is 0. The van der Waals surface area contributed by atoms with E-state index in [2.05, 4.69) is 4.74 Å². The number of hydrogen-bond donors (Lipinski definition) is 0. The summed E-state index contributed by atoms with van der Waals surface area (Å²) in [6.07, 6.45) is 0. The van der Waals surface area contributed by atoms with Crippen molar-refractivity contribution in [1.29, 1.82) is 0 Å². The average molecular weight is 273 g/mol. The minimum Gasteiger partial charge on any atom is -0.465 e. The molecule has 0 aliphatic heterocycles. The Balaban J connectivity index is 2.41. The van der Waals surface area contributed by atoms with E-state index in [-0.39, 0.29) is 5.56 Å². The number of carbonyl (C=O) groups excluding carboxylic acids is 1. The van der Waals surface area contributed by atoms with Crippen molar-refractivity contribution in [3.8, 4) is 11.1 Å². The van der Waals surface area contributed by atoms with Crippen molar-refractivity contribution in [3.05, 3.63) is 53.8 Å². The van der Waals surface area contributed by atoms with Gasteiger partial charge < -0.3 is 9.64 Å². The van der Waals surface area contributed by atoms with Gasteiger partial charge in [0.15, 0.2) is 0 Å². The predicted octanol–water partition coefficient (Wildman–Crippen LogP) is 3.35. The van der Waals surface area contributed by atoms with Gasteiger partial charge in [-0.15, -0.1) is 0 Å². The average Bonchev–Trinajstić information content (AvgIpc) is 2.45. The fourth-order valence-electron chi connectivity index (χ4n) is 1.94. The van der Waals surface area contributed by atoms with E-state index in [1.165, 1.54) is 19.2 Å². The molecule has 0 amide bonds. The van der Waals surface area contributed by atoms with Crippen LogP contribution in [0.5, 0.6) is 0 Å². The summed E-state index contributed by atoms with van der Waals surface area (Å²) in [5.74, 6) is -1.00. The Hall–Kier alpha value is -2.36. The lowest BCUT2D eigenvalue weighted by Gasteiger charge is -2.13. The van der Waals surface area contributed by atoms with Gasteiger partial charge in [-0.2, -0.15) is 0 Å². The number of halogens is 1. The van der Waals surface area contributed by atoms with Crippen LogP contribution >= 0.6 is 0 Å². The van der Waals surface area contributed by atoms with Gasteiger partial charge in [-0.05, 0) is 41.5 Å². The molecule has 0 aromatic heterocycles. The van der Waals surface area contributed by atoms with Crippen LogP contribution in [0.2, 0.25) is 0 Å². The summed E-state index contributed by atoms with van der Waals surface area (Å²) < 4.78 is 18.2. The minimum absolute atomic E-state index is 0.208. The normalized spacial score (nSPS) is 10.2. The maximum Gasteiger partial charge on any atom is 0.337 e. The first-order valence-electron chi connectivity index (χ1n) is 6.18. The first kappa shape index (κ1) is 14.1. The Morgan fingerprint density at radius 2 is 1.70 bits per heavy atom. The van der Waals surface area contributed by atoms with E-state index in [0.717, 1.165) is 11.3 Å². The summed E-state index contributed by atoms with van der Waals surface area (Å²) in [6, 6.07) is 11.9. The van der Waals surface area contributed by atoms with Crippen molar-refractivity contribution in [2.45, 2.75) is 0 Å². The van der Waals surface area contributed by atoms with Crippen LogP contribution in [-0.4, -0.2) is 27.2 Å². The summed E-state index contributed by atoms with van der Waals surface area (Å²) in [7, 11) is 5.18. The summed E-state index contributed by atoms with van der Waals surface area (Å²) in [5.41, 5.74) is 2.76. The van der Waals surface area contributed by atoms with Gasteiger partial charge in [0.25, 0.3) is 0 Å². The molecule has 0 saturated carbocycles. The molecule has 0 atom stereocenters. The van der Waals surface area contributed by atoms with Crippen LogP contribution in [0, 0.1) is 5.82 Å². The Morgan fingerprint density at radius 3 is 2.25 bits per heavy atom. The second kappa shape index (κ2) is 5.74. The molecule has 3 nitrogen and oxygen atoms in total. The third-order valence-electron chi connectivity index (χ3n) is 3.04. The Bertz CT molecular complexity index is 621. The zero-order chi connectivity index (χ0) is 14.7. The van der Waals surface area contributed by atoms with Crippen LogP contribution in [-0.2, 0) is 4.74 Å². The molecule has 2 rings (SSSR count). The fourth-order valence-corrected chi connectivity index (χ4v) is 1.94. The molecule has 0 saturated heterocycles. The lowest BCUT2D eigenvalue weighted by molar-refractivity contribution is 0.0600. The first-order chi connectivity index (χ1) is 9.51. The molecule has 0 bridgehead atoms. The SMILES string of the molecule is COC(=O)c1cc(F)cc(-c2ccc(N(C)C)cc2)c1. The Labute approximate surface area is 117 Å². The van der Waals surface area contributed by atoms with Crippen molar-refractivity contribution in [3.63, 3.8) is 0 Å². The van der Waals surface area contributed by atoms with Crippen LogP contribution < -0.4 is 4.90 Å². The highest BCUT2D eigenvalue weighted by Crippen LogP contribution is 2.24. The van der Waals surface area contributed by atoms with Crippen LogP contribution in [0.25, 0.3) is 11.1 Å². The first-order valence-corrected chi connectivity index (χ1v) is 6.18. The molecular formula is C16H16FNO2. The van der Waals surface area contributed by atoms with Crippen molar-refractivity contribution in [1.82, 2.24) is 0 Å². The second-order valence-electron chi connectivity index (χ2n) is 4.66. The molecule has 2 aromatic carbocycles. The number of anilines is 1. The lowest BCUT2D eigenvalue weighted by atomic mass is 10.0. The van der Waals surface area contributed by atoms with E-state index in [0.29, 0.717) is 5.56 Å². The van der Waals surface area contributed by atoms with Gasteiger partial charge >= 0.3 is 5.97 Å². The van der Waals surface area contributed by atoms with E-state index in [1.807, 2.05) is 43.3 Å². The molecule has 0 spiro atoms. The molecule has 0 aliphatic carbocycles. The van der Waals surface area contributed by atoms with E-state index in [1.54, 1.807) is 6.07 Å². The highest BCUT2D eigenvalue weighted by molar-refractivity contribution is 5.91. The lowest BCUT2D eigenvalue weighted by Crippen LogP contribution is -2.08. The molecule has 20 heavy (non-hydrogen) atoms. The predicted molar refractivity (Wildman–Crippen MR) is 77.5 cm³/mol. The Kier molecular flexibility index (Phi) is 4.03. The molecule has 0 aliphatic rings. The quantitative estimate of drug-likeness (QED) is 0.803. The van der Waals surface area contributed by atoms with E-state index in [4.69, 9.17) is 0 Å². The third-order valence-corrected chi connectivity index (χ3v) is 3.04. The van der Waals surface area contributed by atoms with E-state index < -0.39 is 11.8 Å². The highest BCUT2D eigenvalue weighted by Gasteiger charge is 2.10. The highest BCUT2D eigenvalue weighted by atomic mass is 19.1. The molecular weight excluding hydrogens is 257 g/mol. The summed E-state index contributed by atoms with van der Waals surface area (Å²) in [6.45, 7) is 0. The number of carbonyl (C=O) groups is 1. The molecule has 2 aromatic rings. The standard InChI is InChI=1S/C16H16FNO2/c1-18(2)15-6-4-11(5-7-15)12-8-13(16(19)20-3)10-14(17)9-12/h4-10H,1-3H3. The molecule has 4 heteroatoms. The minimum atomic E-state index is -0.546. The maximum absolute atomic E-state index is 13.6. The smallest absolute Gasteiger partial charge is 0.337 e. The van der Waals surface area contributed by atoms with Gasteiger partial charge in [-0.1, -0.05) is 12.1 Å². The molecule has 104 valence electrons. The zero-order valence-electron chi connectivity index (χ0n) is 11.7. The second-order valence-corrected chi connectivity index (χ2v) is 4.66. The van der Waals surface area contributed by atoms with Crippen molar-refractivity contribution >= 4 is 11.7 Å². The van der Waals surface area contributed by atoms with Crippen LogP contribution in [0.15, 0.2) is 42.5 Å². The monoisotopic (exact) mass is 273 g/mol. The van der Waals surface area contributed by atoms with Gasteiger partial charge in [-0.25, -0.2) is 9.18 Å². The molecule has 0 unspecified atom stereocenters. The number of benzene rings is 2. The number of nitrogens with zero attached hydrogens (tertiary/aromatic N) is 1. The summed E-state index contributed by atoms with van der Waals surface area (Å²) in [5, 5.41) is 0. The van der Waals surface area contributed by atoms with Crippen LogP contribution in [0.1, 0.15) is 10.4 Å².